The second-order valence-electron chi connectivity index (χ2n) is 1.53. The van der Waals surface area contributed by atoms with Gasteiger partial charge in [-0.15, -0.1) is 0 Å². The molecule has 48 valence electrons. The normalized spacial score (nSPS) is 9.56. The third-order valence-electron chi connectivity index (χ3n) is 0.833. The van der Waals surface area contributed by atoms with E-state index < -0.39 is 0 Å². The molecule has 0 aromatic carbocycles. The number of pyridine rings is 1. The van der Waals surface area contributed by atoms with Crippen LogP contribution in [0.4, 0.5) is 5.69 Å². The molecule has 9 heavy (non-hydrogen) atoms. The van der Waals surface area contributed by atoms with E-state index in [-0.39, 0.29) is 0 Å². The molecule has 0 aliphatic rings. The summed E-state index contributed by atoms with van der Waals surface area (Å²) < 4.78 is 0.995. The lowest BCUT2D eigenvalue weighted by Gasteiger charge is -1.94. The Bertz CT molecular complexity index is 226. The number of hydrogen-bond donors (Lipinski definition) is 1. The fraction of sp³-hybridized carbons (Fsp3) is 0. The zero-order chi connectivity index (χ0) is 6.85. The Morgan fingerprint density at radius 1 is 1.67 bits per heavy atom. The van der Waals surface area contributed by atoms with Gasteiger partial charge < -0.3 is 5.73 Å². The summed E-state index contributed by atoms with van der Waals surface area (Å²) in [7, 11) is 0. The molecule has 2 N–H and O–H groups in total. The van der Waals surface area contributed by atoms with E-state index in [1.54, 1.807) is 12.3 Å². The number of aromatic nitrogens is 1. The lowest BCUT2D eigenvalue weighted by atomic mass is 10.4. The molecule has 0 aliphatic heterocycles. The Morgan fingerprint density at radius 3 is 2.78 bits per heavy atom. The van der Waals surface area contributed by atoms with Crippen LogP contribution in [0.5, 0.6) is 0 Å². The van der Waals surface area contributed by atoms with Crippen molar-refractivity contribution in [3.05, 3.63) is 21.0 Å². The second-order valence-corrected chi connectivity index (χ2v) is 3.14. The van der Waals surface area contributed by atoms with Gasteiger partial charge in [-0.2, -0.15) is 0 Å². The van der Waals surface area contributed by atoms with Crippen molar-refractivity contribution >= 4 is 39.9 Å². The Balaban J connectivity index is 3.17. The Labute approximate surface area is 71.6 Å². The van der Waals surface area contributed by atoms with Crippen molar-refractivity contribution in [3.8, 4) is 0 Å². The van der Waals surface area contributed by atoms with Crippen LogP contribution < -0.4 is 5.73 Å². The fourth-order valence-corrected chi connectivity index (χ4v) is 1.02. The quantitative estimate of drug-likeness (QED) is 0.567. The van der Waals surface area contributed by atoms with Crippen LogP contribution in [0.1, 0.15) is 0 Å². The number of nitrogens with two attached hydrogens (primary N) is 1. The minimum absolute atomic E-state index is 0.371. The molecule has 4 heteroatoms. The van der Waals surface area contributed by atoms with Crippen molar-refractivity contribution in [1.82, 2.24) is 4.98 Å². The molecule has 0 aliphatic carbocycles. The average molecular weight is 254 g/mol. The van der Waals surface area contributed by atoms with Crippen LogP contribution in [-0.4, -0.2) is 4.98 Å². The van der Waals surface area contributed by atoms with Crippen LogP contribution in [0.3, 0.4) is 0 Å². The monoisotopic (exact) mass is 254 g/mol. The van der Waals surface area contributed by atoms with Crippen LogP contribution in [0.15, 0.2) is 12.3 Å². The number of nitrogen functional groups attached to an aromatic ring is 1. The molecule has 0 unspecified atom stereocenters. The van der Waals surface area contributed by atoms with Crippen molar-refractivity contribution < 1.29 is 0 Å². The van der Waals surface area contributed by atoms with Gasteiger partial charge in [0.15, 0.2) is 5.15 Å². The third kappa shape index (κ3) is 1.69. The van der Waals surface area contributed by atoms with Gasteiger partial charge in [0.1, 0.15) is 0 Å². The second kappa shape index (κ2) is 2.70. The summed E-state index contributed by atoms with van der Waals surface area (Å²) >= 11 is 7.66. The highest BCUT2D eigenvalue weighted by atomic mass is 127. The van der Waals surface area contributed by atoms with E-state index in [2.05, 4.69) is 27.6 Å². The molecule has 2 nitrogen and oxygen atoms in total. The van der Waals surface area contributed by atoms with Crippen LogP contribution in [-0.2, 0) is 0 Å². The smallest absolute Gasteiger partial charge is 0.151 e. The summed E-state index contributed by atoms with van der Waals surface area (Å²) in [6.07, 6.45) is 1.67. The van der Waals surface area contributed by atoms with E-state index >= 15 is 0 Å². The average Bonchev–Trinajstić information content (AvgIpc) is 1.80. The van der Waals surface area contributed by atoms with E-state index in [4.69, 9.17) is 17.3 Å². The SMILES string of the molecule is Nc1cc(I)cnc1Cl. The molecule has 1 rings (SSSR count). The standard InChI is InChI=1S/C5H4ClIN2/c6-5-4(8)1-3(7)2-9-5/h1-2H,8H2. The predicted octanol–water partition coefficient (Wildman–Crippen LogP) is 1.92. The Morgan fingerprint density at radius 2 is 2.33 bits per heavy atom. The minimum Gasteiger partial charge on any atom is -0.396 e. The molecular formula is C5H4ClIN2. The molecule has 0 spiro atoms. The maximum absolute atomic E-state index is 5.54. The van der Waals surface area contributed by atoms with Crippen molar-refractivity contribution in [2.75, 3.05) is 5.73 Å². The van der Waals surface area contributed by atoms with Crippen LogP contribution >= 0.6 is 34.2 Å². The van der Waals surface area contributed by atoms with E-state index in [0.717, 1.165) is 3.57 Å². The van der Waals surface area contributed by atoms with Gasteiger partial charge in [-0.05, 0) is 28.7 Å². The maximum Gasteiger partial charge on any atom is 0.151 e. The zero-order valence-electron chi connectivity index (χ0n) is 4.44. The molecule has 0 saturated carbocycles. The summed E-state index contributed by atoms with van der Waals surface area (Å²) in [4.78, 5) is 3.81. The third-order valence-corrected chi connectivity index (χ3v) is 1.74. The fourth-order valence-electron chi connectivity index (χ4n) is 0.438. The van der Waals surface area contributed by atoms with E-state index in [0.29, 0.717) is 10.8 Å². The number of hydrogen-bond acceptors (Lipinski definition) is 2. The highest BCUT2D eigenvalue weighted by Gasteiger charge is 1.94. The van der Waals surface area contributed by atoms with Crippen molar-refractivity contribution in [2.24, 2.45) is 0 Å². The summed E-state index contributed by atoms with van der Waals surface area (Å²) in [5, 5.41) is 0.371. The number of anilines is 1. The lowest BCUT2D eigenvalue weighted by molar-refractivity contribution is 1.31. The largest absolute Gasteiger partial charge is 0.396 e. The predicted molar refractivity (Wildman–Crippen MR) is 46.4 cm³/mol. The molecule has 0 atom stereocenters. The van der Waals surface area contributed by atoms with Gasteiger partial charge in [-0.1, -0.05) is 11.6 Å². The Hall–Kier alpha value is -0.0300. The first-order chi connectivity index (χ1) is 4.20. The van der Waals surface area contributed by atoms with E-state index in [1.807, 2.05) is 0 Å². The van der Waals surface area contributed by atoms with E-state index in [1.165, 1.54) is 0 Å². The van der Waals surface area contributed by atoms with Crippen molar-refractivity contribution in [3.63, 3.8) is 0 Å². The van der Waals surface area contributed by atoms with Crippen LogP contribution in [0.2, 0.25) is 5.15 Å². The van der Waals surface area contributed by atoms with Gasteiger partial charge in [0.05, 0.1) is 5.69 Å². The maximum atomic E-state index is 5.54. The van der Waals surface area contributed by atoms with Gasteiger partial charge in [0.25, 0.3) is 0 Å². The minimum atomic E-state index is 0.371. The Kier molecular flexibility index (Phi) is 2.13. The van der Waals surface area contributed by atoms with Gasteiger partial charge >= 0.3 is 0 Å². The number of rotatable bonds is 0. The summed E-state index contributed by atoms with van der Waals surface area (Å²) in [5.41, 5.74) is 5.95. The molecule has 0 radical (unpaired) electrons. The van der Waals surface area contributed by atoms with Crippen molar-refractivity contribution in [1.29, 1.82) is 0 Å². The van der Waals surface area contributed by atoms with Crippen molar-refractivity contribution in [2.45, 2.75) is 0 Å². The highest BCUT2D eigenvalue weighted by Crippen LogP contribution is 2.16. The highest BCUT2D eigenvalue weighted by molar-refractivity contribution is 14.1. The molecule has 0 saturated heterocycles. The first kappa shape index (κ1) is 7.08. The number of halogens is 2. The van der Waals surface area contributed by atoms with Gasteiger partial charge in [0.2, 0.25) is 0 Å². The summed E-state index contributed by atoms with van der Waals surface area (Å²) in [5.74, 6) is 0. The molecule has 0 bridgehead atoms. The van der Waals surface area contributed by atoms with Gasteiger partial charge in [-0.3, -0.25) is 0 Å². The number of nitrogens with zero attached hydrogens (tertiary/aromatic N) is 1. The zero-order valence-corrected chi connectivity index (χ0v) is 7.35. The molecule has 1 aromatic heterocycles. The topological polar surface area (TPSA) is 38.9 Å². The van der Waals surface area contributed by atoms with Gasteiger partial charge in [0, 0.05) is 9.77 Å². The van der Waals surface area contributed by atoms with E-state index in [9.17, 15) is 0 Å². The van der Waals surface area contributed by atoms with Crippen LogP contribution in [0, 0.1) is 3.57 Å². The first-order valence-electron chi connectivity index (χ1n) is 2.26. The first-order valence-corrected chi connectivity index (χ1v) is 3.72. The summed E-state index contributed by atoms with van der Waals surface area (Å²) in [6, 6.07) is 1.77. The molecule has 0 fully saturated rings. The van der Waals surface area contributed by atoms with Gasteiger partial charge in [-0.25, -0.2) is 4.98 Å². The molecular weight excluding hydrogens is 250 g/mol. The molecule has 1 aromatic rings. The molecule has 1 heterocycles. The molecule has 0 amide bonds. The summed E-state index contributed by atoms with van der Waals surface area (Å²) in [6.45, 7) is 0. The lowest BCUT2D eigenvalue weighted by Crippen LogP contribution is -1.88. The van der Waals surface area contributed by atoms with Crippen LogP contribution in [0.25, 0.3) is 0 Å².